The fourth-order valence-electron chi connectivity index (χ4n) is 3.65. The van der Waals surface area contributed by atoms with Crippen LogP contribution in [-0.2, 0) is 12.0 Å². The Hall–Kier alpha value is -1.86. The minimum absolute atomic E-state index is 0.161. The molecule has 1 nitrogen and oxygen atoms in total. The first-order valence-corrected chi connectivity index (χ1v) is 8.18. The van der Waals surface area contributed by atoms with Gasteiger partial charge in [-0.15, -0.1) is 0 Å². The largest absolute Gasteiger partial charge is 0.299 e. The minimum atomic E-state index is 0.161. The molecule has 0 radical (unpaired) electrons. The van der Waals surface area contributed by atoms with Crippen molar-refractivity contribution in [2.24, 2.45) is 0 Å². The molecule has 1 heterocycles. The monoisotopic (exact) mass is 291 g/mol. The third-order valence-corrected chi connectivity index (χ3v) is 5.10. The summed E-state index contributed by atoms with van der Waals surface area (Å²) in [5.74, 6) is 0. The summed E-state index contributed by atoms with van der Waals surface area (Å²) in [5, 5.41) is 0. The van der Waals surface area contributed by atoms with Crippen LogP contribution in [0.5, 0.6) is 0 Å². The number of rotatable bonds is 4. The second kappa shape index (κ2) is 6.50. The third kappa shape index (κ3) is 3.00. The second-order valence-corrected chi connectivity index (χ2v) is 6.49. The Morgan fingerprint density at radius 3 is 2.05 bits per heavy atom. The van der Waals surface area contributed by atoms with Crippen LogP contribution >= 0.6 is 0 Å². The Balaban J connectivity index is 1.72. The lowest BCUT2D eigenvalue weighted by Crippen LogP contribution is -2.42. The zero-order valence-corrected chi connectivity index (χ0v) is 13.5. The van der Waals surface area contributed by atoms with Crippen LogP contribution in [0, 0.1) is 0 Å². The molecular weight excluding hydrogens is 266 g/mol. The lowest BCUT2D eigenvalue weighted by Gasteiger charge is -2.43. The van der Waals surface area contributed by atoms with E-state index in [0.29, 0.717) is 0 Å². The number of hydrogen-bond acceptors (Lipinski definition) is 1. The quantitative estimate of drug-likeness (QED) is 0.732. The molecule has 1 fully saturated rings. The maximum atomic E-state index is 4.32. The van der Waals surface area contributed by atoms with E-state index >= 15 is 0 Å². The van der Waals surface area contributed by atoms with Crippen LogP contribution in [0.15, 0.2) is 72.8 Å². The van der Waals surface area contributed by atoms with Crippen LogP contribution in [-0.4, -0.2) is 18.0 Å². The van der Waals surface area contributed by atoms with E-state index in [0.717, 1.165) is 19.6 Å². The summed E-state index contributed by atoms with van der Waals surface area (Å²) < 4.78 is 0. The van der Waals surface area contributed by atoms with E-state index in [9.17, 15) is 0 Å². The molecule has 1 heteroatoms. The number of benzene rings is 2. The molecule has 3 rings (SSSR count). The van der Waals surface area contributed by atoms with Crippen molar-refractivity contribution in [2.45, 2.75) is 31.7 Å². The fraction of sp³-hybridized carbons (Fsp3) is 0.333. The normalized spacial score (nSPS) is 18.0. The van der Waals surface area contributed by atoms with Gasteiger partial charge in [-0.05, 0) is 44.0 Å². The topological polar surface area (TPSA) is 3.24 Å². The standard InChI is InChI=1S/C21H25N/c1-18(2)21(20-11-7-4-8-12-20)13-15-22(16-14-21)17-19-9-5-3-6-10-19/h3-12H,1,13-17H2,2H3. The van der Waals surface area contributed by atoms with Crippen molar-refractivity contribution in [2.75, 3.05) is 13.1 Å². The molecule has 0 N–H and O–H groups in total. The van der Waals surface area contributed by atoms with Gasteiger partial charge < -0.3 is 0 Å². The van der Waals surface area contributed by atoms with Crippen molar-refractivity contribution in [3.05, 3.63) is 83.9 Å². The van der Waals surface area contributed by atoms with Crippen LogP contribution < -0.4 is 0 Å². The van der Waals surface area contributed by atoms with Gasteiger partial charge in [0.1, 0.15) is 0 Å². The highest BCUT2D eigenvalue weighted by Crippen LogP contribution is 2.41. The van der Waals surface area contributed by atoms with Gasteiger partial charge in [0.05, 0.1) is 0 Å². The second-order valence-electron chi connectivity index (χ2n) is 6.49. The number of hydrogen-bond donors (Lipinski definition) is 0. The van der Waals surface area contributed by atoms with E-state index in [1.165, 1.54) is 29.5 Å². The van der Waals surface area contributed by atoms with Gasteiger partial charge in [0.15, 0.2) is 0 Å². The summed E-state index contributed by atoms with van der Waals surface area (Å²) >= 11 is 0. The first-order chi connectivity index (χ1) is 10.7. The molecular formula is C21H25N. The average Bonchev–Trinajstić information content (AvgIpc) is 2.57. The van der Waals surface area contributed by atoms with Gasteiger partial charge in [-0.2, -0.15) is 0 Å². The third-order valence-electron chi connectivity index (χ3n) is 5.10. The predicted molar refractivity (Wildman–Crippen MR) is 93.9 cm³/mol. The van der Waals surface area contributed by atoms with Crippen LogP contribution in [0.25, 0.3) is 0 Å². The number of allylic oxidation sites excluding steroid dienone is 1. The Morgan fingerprint density at radius 1 is 0.955 bits per heavy atom. The van der Waals surface area contributed by atoms with E-state index < -0.39 is 0 Å². The van der Waals surface area contributed by atoms with E-state index in [4.69, 9.17) is 0 Å². The van der Waals surface area contributed by atoms with Gasteiger partial charge in [0.25, 0.3) is 0 Å². The molecule has 0 aromatic heterocycles. The summed E-state index contributed by atoms with van der Waals surface area (Å²) in [5.41, 5.74) is 4.30. The van der Waals surface area contributed by atoms with Gasteiger partial charge in [-0.3, -0.25) is 4.90 Å². The predicted octanol–water partition coefficient (Wildman–Crippen LogP) is 4.80. The van der Waals surface area contributed by atoms with Gasteiger partial charge in [-0.1, -0.05) is 72.8 Å². The van der Waals surface area contributed by atoms with Crippen molar-refractivity contribution in [3.63, 3.8) is 0 Å². The fourth-order valence-corrected chi connectivity index (χ4v) is 3.65. The maximum absolute atomic E-state index is 4.32. The van der Waals surface area contributed by atoms with Gasteiger partial charge in [0, 0.05) is 12.0 Å². The van der Waals surface area contributed by atoms with Crippen molar-refractivity contribution >= 4 is 0 Å². The molecule has 0 spiro atoms. The molecule has 2 aromatic rings. The molecule has 0 unspecified atom stereocenters. The van der Waals surface area contributed by atoms with Gasteiger partial charge >= 0.3 is 0 Å². The zero-order chi connectivity index (χ0) is 15.4. The Labute approximate surface area is 134 Å². The molecule has 0 saturated carbocycles. The summed E-state index contributed by atoms with van der Waals surface area (Å²) in [6.07, 6.45) is 2.33. The summed E-state index contributed by atoms with van der Waals surface area (Å²) in [4.78, 5) is 2.57. The molecule has 2 aromatic carbocycles. The summed E-state index contributed by atoms with van der Waals surface area (Å²) in [7, 11) is 0. The lowest BCUT2D eigenvalue weighted by atomic mass is 9.68. The first-order valence-electron chi connectivity index (χ1n) is 8.18. The van der Waals surface area contributed by atoms with E-state index in [-0.39, 0.29) is 5.41 Å². The summed E-state index contributed by atoms with van der Waals surface area (Å²) in [6.45, 7) is 9.84. The number of nitrogens with zero attached hydrogens (tertiary/aromatic N) is 1. The lowest BCUT2D eigenvalue weighted by molar-refractivity contribution is 0.170. The van der Waals surface area contributed by atoms with Crippen LogP contribution in [0.2, 0.25) is 0 Å². The SMILES string of the molecule is C=C(C)C1(c2ccccc2)CCN(Cc2ccccc2)CC1. The smallest absolute Gasteiger partial charge is 0.0233 e. The highest BCUT2D eigenvalue weighted by atomic mass is 15.1. The summed E-state index contributed by atoms with van der Waals surface area (Å²) in [6, 6.07) is 21.7. The Morgan fingerprint density at radius 2 is 1.50 bits per heavy atom. The van der Waals surface area contributed by atoms with Crippen LogP contribution in [0.3, 0.4) is 0 Å². The highest BCUT2D eigenvalue weighted by Gasteiger charge is 2.36. The van der Waals surface area contributed by atoms with Crippen molar-refractivity contribution in [1.82, 2.24) is 4.90 Å². The van der Waals surface area contributed by atoms with E-state index in [2.05, 4.69) is 79.1 Å². The van der Waals surface area contributed by atoms with Crippen LogP contribution in [0.1, 0.15) is 30.9 Å². The van der Waals surface area contributed by atoms with Gasteiger partial charge in [0.2, 0.25) is 0 Å². The number of piperidine rings is 1. The van der Waals surface area contributed by atoms with Gasteiger partial charge in [-0.25, -0.2) is 0 Å². The minimum Gasteiger partial charge on any atom is -0.299 e. The van der Waals surface area contributed by atoms with Crippen molar-refractivity contribution in [3.8, 4) is 0 Å². The first kappa shape index (κ1) is 15.1. The molecule has 0 bridgehead atoms. The molecule has 114 valence electrons. The molecule has 22 heavy (non-hydrogen) atoms. The van der Waals surface area contributed by atoms with E-state index in [1.807, 2.05) is 0 Å². The Bertz CT molecular complexity index is 607. The maximum Gasteiger partial charge on any atom is 0.0233 e. The molecule has 1 saturated heterocycles. The average molecular weight is 291 g/mol. The van der Waals surface area contributed by atoms with Crippen LogP contribution in [0.4, 0.5) is 0 Å². The van der Waals surface area contributed by atoms with E-state index in [1.54, 1.807) is 0 Å². The molecule has 0 atom stereocenters. The molecule has 1 aliphatic rings. The zero-order valence-electron chi connectivity index (χ0n) is 13.5. The Kier molecular flexibility index (Phi) is 4.44. The molecule has 0 aliphatic carbocycles. The highest BCUT2D eigenvalue weighted by molar-refractivity contribution is 5.35. The molecule has 1 aliphatic heterocycles. The number of likely N-dealkylation sites (tertiary alicyclic amines) is 1. The van der Waals surface area contributed by atoms with Crippen molar-refractivity contribution < 1.29 is 0 Å². The molecule has 0 amide bonds. The van der Waals surface area contributed by atoms with Crippen molar-refractivity contribution in [1.29, 1.82) is 0 Å².